The van der Waals surface area contributed by atoms with E-state index >= 15 is 0 Å². The minimum Gasteiger partial charge on any atom is -0.486 e. The maximum absolute atomic E-state index is 12.6. The maximum Gasteiger partial charge on any atom is 0.271 e. The maximum atomic E-state index is 12.6. The van der Waals surface area contributed by atoms with E-state index in [0.29, 0.717) is 5.56 Å². The Morgan fingerprint density at radius 2 is 1.72 bits per heavy atom. The van der Waals surface area contributed by atoms with Gasteiger partial charge in [0.1, 0.15) is 18.2 Å². The molecule has 1 N–H and O–H groups in total. The molecule has 0 aromatic heterocycles. The molecule has 4 aromatic rings. The molecule has 0 bridgehead atoms. The van der Waals surface area contributed by atoms with Crippen LogP contribution in [0.5, 0.6) is 5.75 Å². The van der Waals surface area contributed by atoms with Gasteiger partial charge in [0.05, 0.1) is 15.0 Å². The number of nitro groups is 1. The first kappa shape index (κ1) is 24.7. The summed E-state index contributed by atoms with van der Waals surface area (Å²) in [4.78, 5) is 22.9. The number of anilines is 1. The average molecular weight is 518 g/mol. The zero-order chi connectivity index (χ0) is 25.7. The molecule has 0 aliphatic rings. The van der Waals surface area contributed by atoms with E-state index in [9.17, 15) is 20.2 Å². The SMILES string of the molecule is N#C/C(=C\c1cc(Cl)c(OCc2cccc3ccccc23)c(Cl)c1)C(=O)Nc1cccc([N+](=O)[O-])c1. The van der Waals surface area contributed by atoms with Gasteiger partial charge in [-0.2, -0.15) is 5.26 Å². The summed E-state index contributed by atoms with van der Waals surface area (Å²) in [6, 6.07) is 24.2. The number of nitrogens with zero attached hydrogens (tertiary/aromatic N) is 2. The summed E-state index contributed by atoms with van der Waals surface area (Å²) in [6.45, 7) is 0.241. The Kier molecular flexibility index (Phi) is 7.50. The summed E-state index contributed by atoms with van der Waals surface area (Å²) in [7, 11) is 0. The van der Waals surface area contributed by atoms with Gasteiger partial charge in [-0.1, -0.05) is 71.7 Å². The van der Waals surface area contributed by atoms with Crippen molar-refractivity contribution >= 4 is 57.3 Å². The van der Waals surface area contributed by atoms with E-state index in [1.807, 2.05) is 48.5 Å². The van der Waals surface area contributed by atoms with E-state index in [0.717, 1.165) is 16.3 Å². The summed E-state index contributed by atoms with van der Waals surface area (Å²) >= 11 is 12.8. The fourth-order valence-corrected chi connectivity index (χ4v) is 4.19. The lowest BCUT2D eigenvalue weighted by atomic mass is 10.1. The number of halogens is 2. The van der Waals surface area contributed by atoms with Crippen molar-refractivity contribution in [2.75, 3.05) is 5.32 Å². The number of hydrogen-bond acceptors (Lipinski definition) is 5. The van der Waals surface area contributed by atoms with Gasteiger partial charge in [-0.25, -0.2) is 0 Å². The van der Waals surface area contributed by atoms with E-state index in [4.69, 9.17) is 27.9 Å². The van der Waals surface area contributed by atoms with Crippen molar-refractivity contribution in [1.82, 2.24) is 0 Å². The number of nitriles is 1. The van der Waals surface area contributed by atoms with Crippen LogP contribution in [0.1, 0.15) is 11.1 Å². The molecule has 0 heterocycles. The normalized spacial score (nSPS) is 11.1. The lowest BCUT2D eigenvalue weighted by molar-refractivity contribution is -0.384. The first-order valence-corrected chi connectivity index (χ1v) is 11.4. The number of hydrogen-bond donors (Lipinski definition) is 1. The Labute approximate surface area is 216 Å². The third-order valence-electron chi connectivity index (χ3n) is 5.26. The zero-order valence-electron chi connectivity index (χ0n) is 18.6. The van der Waals surface area contributed by atoms with Crippen LogP contribution in [0, 0.1) is 21.4 Å². The van der Waals surface area contributed by atoms with Crippen molar-refractivity contribution in [3.8, 4) is 11.8 Å². The molecular formula is C27H17Cl2N3O4. The number of fused-ring (bicyclic) bond motifs is 1. The molecule has 0 atom stereocenters. The van der Waals surface area contributed by atoms with Crippen LogP contribution in [0.25, 0.3) is 16.8 Å². The number of non-ortho nitro benzene ring substituents is 1. The number of rotatable bonds is 7. The zero-order valence-corrected chi connectivity index (χ0v) is 20.1. The average Bonchev–Trinajstić information content (AvgIpc) is 2.87. The molecule has 7 nitrogen and oxygen atoms in total. The highest BCUT2D eigenvalue weighted by atomic mass is 35.5. The number of benzene rings is 4. The quantitative estimate of drug-likeness (QED) is 0.121. The third-order valence-corrected chi connectivity index (χ3v) is 5.82. The fraction of sp³-hybridized carbons (Fsp3) is 0.0370. The molecule has 0 radical (unpaired) electrons. The fourth-order valence-electron chi connectivity index (χ4n) is 3.58. The second-order valence-corrected chi connectivity index (χ2v) is 8.49. The van der Waals surface area contributed by atoms with Gasteiger partial charge in [0.15, 0.2) is 5.75 Å². The number of amides is 1. The van der Waals surface area contributed by atoms with Crippen molar-refractivity contribution < 1.29 is 14.5 Å². The first-order chi connectivity index (χ1) is 17.4. The van der Waals surface area contributed by atoms with Crippen molar-refractivity contribution in [2.45, 2.75) is 6.61 Å². The monoisotopic (exact) mass is 517 g/mol. The number of carbonyl (C=O) groups excluding carboxylic acids is 1. The molecule has 0 saturated heterocycles. The van der Waals surface area contributed by atoms with Crippen molar-refractivity contribution in [3.63, 3.8) is 0 Å². The molecule has 9 heteroatoms. The number of ether oxygens (including phenoxy) is 1. The molecule has 0 unspecified atom stereocenters. The summed E-state index contributed by atoms with van der Waals surface area (Å²) in [6.07, 6.45) is 1.32. The number of nitrogens with one attached hydrogen (secondary N) is 1. The molecule has 0 aliphatic carbocycles. The minimum absolute atomic E-state index is 0.184. The van der Waals surface area contributed by atoms with Gasteiger partial charge in [0.2, 0.25) is 0 Å². The highest BCUT2D eigenvalue weighted by molar-refractivity contribution is 6.37. The van der Waals surface area contributed by atoms with Gasteiger partial charge < -0.3 is 10.1 Å². The molecule has 0 spiro atoms. The molecule has 0 saturated carbocycles. The van der Waals surface area contributed by atoms with E-state index in [1.54, 1.807) is 0 Å². The molecule has 1 amide bonds. The van der Waals surface area contributed by atoms with Crippen LogP contribution in [0.3, 0.4) is 0 Å². The van der Waals surface area contributed by atoms with Crippen LogP contribution in [-0.4, -0.2) is 10.8 Å². The Bertz CT molecular complexity index is 1530. The lowest BCUT2D eigenvalue weighted by Gasteiger charge is -2.13. The second kappa shape index (κ2) is 10.9. The standard InChI is InChI=1S/C27H17Cl2N3O4/c28-24-12-17(11-20(15-30)27(33)31-21-8-4-9-22(14-21)32(34)35)13-25(29)26(24)36-16-19-7-3-6-18-5-1-2-10-23(18)19/h1-14H,16H2,(H,31,33)/b20-11+. The lowest BCUT2D eigenvalue weighted by Crippen LogP contribution is -2.13. The third kappa shape index (κ3) is 5.63. The van der Waals surface area contributed by atoms with Gasteiger partial charge in [-0.15, -0.1) is 0 Å². The summed E-state index contributed by atoms with van der Waals surface area (Å²) in [5.74, 6) is -0.454. The summed E-state index contributed by atoms with van der Waals surface area (Å²) in [5, 5.41) is 25.5. The second-order valence-electron chi connectivity index (χ2n) is 7.67. The molecular weight excluding hydrogens is 501 g/mol. The van der Waals surface area contributed by atoms with Gasteiger partial charge in [-0.3, -0.25) is 14.9 Å². The first-order valence-electron chi connectivity index (χ1n) is 10.6. The van der Waals surface area contributed by atoms with Crippen LogP contribution < -0.4 is 10.1 Å². The molecule has 4 aromatic carbocycles. The van der Waals surface area contributed by atoms with Gasteiger partial charge >= 0.3 is 0 Å². The molecule has 36 heavy (non-hydrogen) atoms. The molecule has 0 fully saturated rings. The predicted molar refractivity (Wildman–Crippen MR) is 140 cm³/mol. The van der Waals surface area contributed by atoms with Crippen LogP contribution in [0.4, 0.5) is 11.4 Å². The van der Waals surface area contributed by atoms with Gasteiger partial charge in [-0.05, 0) is 46.2 Å². The van der Waals surface area contributed by atoms with E-state index < -0.39 is 10.8 Å². The minimum atomic E-state index is -0.735. The smallest absolute Gasteiger partial charge is 0.271 e. The topological polar surface area (TPSA) is 105 Å². The van der Waals surface area contributed by atoms with E-state index in [2.05, 4.69) is 5.32 Å². The van der Waals surface area contributed by atoms with Crippen LogP contribution >= 0.6 is 23.2 Å². The molecule has 0 aliphatic heterocycles. The Balaban J connectivity index is 1.53. The van der Waals surface area contributed by atoms with Crippen LogP contribution in [0.2, 0.25) is 10.0 Å². The van der Waals surface area contributed by atoms with Gasteiger partial charge in [0, 0.05) is 17.8 Å². The summed E-state index contributed by atoms with van der Waals surface area (Å²) < 4.78 is 5.92. The molecule has 4 rings (SSSR count). The Morgan fingerprint density at radius 1 is 1.03 bits per heavy atom. The van der Waals surface area contributed by atoms with E-state index in [1.165, 1.54) is 42.5 Å². The number of nitro benzene ring substituents is 1. The Hall–Kier alpha value is -4.38. The highest BCUT2D eigenvalue weighted by Gasteiger charge is 2.15. The summed E-state index contributed by atoms with van der Waals surface area (Å²) in [5.41, 5.74) is 1.14. The predicted octanol–water partition coefficient (Wildman–Crippen LogP) is 7.18. The van der Waals surface area contributed by atoms with Crippen molar-refractivity contribution in [1.29, 1.82) is 5.26 Å². The molecule has 178 valence electrons. The highest BCUT2D eigenvalue weighted by Crippen LogP contribution is 2.36. The van der Waals surface area contributed by atoms with Crippen molar-refractivity contribution in [3.05, 3.63) is 116 Å². The van der Waals surface area contributed by atoms with Crippen LogP contribution in [0.15, 0.2) is 84.4 Å². The van der Waals surface area contributed by atoms with Gasteiger partial charge in [0.25, 0.3) is 11.6 Å². The van der Waals surface area contributed by atoms with E-state index in [-0.39, 0.29) is 39.3 Å². The van der Waals surface area contributed by atoms with Crippen LogP contribution in [-0.2, 0) is 11.4 Å². The largest absolute Gasteiger partial charge is 0.486 e. The number of carbonyl (C=O) groups is 1. The Morgan fingerprint density at radius 3 is 2.44 bits per heavy atom. The van der Waals surface area contributed by atoms with Crippen molar-refractivity contribution in [2.24, 2.45) is 0 Å².